The molecule has 0 fully saturated rings. The van der Waals surface area contributed by atoms with Crippen LogP contribution in [-0.2, 0) is 23.7 Å². The molecule has 0 amide bonds. The van der Waals surface area contributed by atoms with Crippen LogP contribution in [0.5, 0.6) is 0 Å². The predicted octanol–water partition coefficient (Wildman–Crippen LogP) is 5.01. The van der Waals surface area contributed by atoms with E-state index in [0.717, 1.165) is 0 Å². The summed E-state index contributed by atoms with van der Waals surface area (Å²) in [5, 5.41) is 2.92. The van der Waals surface area contributed by atoms with Gasteiger partial charge in [0.2, 0.25) is 0 Å². The number of benzene rings is 2. The summed E-state index contributed by atoms with van der Waals surface area (Å²) < 4.78 is 0. The Kier molecular flexibility index (Phi) is 5.95. The van der Waals surface area contributed by atoms with E-state index in [0.29, 0.717) is 0 Å². The Balaban J connectivity index is 0.00000240. The van der Waals surface area contributed by atoms with E-state index in [1.165, 1.54) is 64.3 Å². The van der Waals surface area contributed by atoms with E-state index in [9.17, 15) is 0 Å². The van der Waals surface area contributed by atoms with Crippen LogP contribution in [-0.4, -0.2) is 0 Å². The Hall–Kier alpha value is -1.35. The maximum Gasteiger partial charge on any atom is 1.00 e. The zero-order valence-electron chi connectivity index (χ0n) is 19.8. The summed E-state index contributed by atoms with van der Waals surface area (Å²) in [7, 11) is 0. The Morgan fingerprint density at radius 1 is 0.724 bits per heavy atom. The first kappa shape index (κ1) is 22.3. The largest absolute Gasteiger partial charge is 1.00 e. The summed E-state index contributed by atoms with van der Waals surface area (Å²) in [5.41, 5.74) is 10.7. The number of fused-ring (bicyclic) bond motifs is 3. The van der Waals surface area contributed by atoms with Crippen LogP contribution >= 0.6 is 0 Å². The van der Waals surface area contributed by atoms with Crippen LogP contribution in [0.25, 0.3) is 21.9 Å². The third kappa shape index (κ3) is 4.26. The number of rotatable bonds is 1. The SMILES string of the molecule is Cc1cc2cc(-c3cc(C(C)(C)C)cc(C(C)(C)C)c3)c3c(c2[cH-]1)CCCC3.[Li+]. The summed E-state index contributed by atoms with van der Waals surface area (Å²) in [5.74, 6) is 0. The molecular formula is C28H35Li. The smallest absolute Gasteiger partial charge is 0.165 e. The fourth-order valence-electron chi connectivity index (χ4n) is 4.71. The Morgan fingerprint density at radius 2 is 1.28 bits per heavy atom. The second kappa shape index (κ2) is 7.72. The molecular weight excluding hydrogens is 343 g/mol. The van der Waals surface area contributed by atoms with Crippen molar-refractivity contribution in [2.75, 3.05) is 0 Å². The molecule has 148 valence electrons. The van der Waals surface area contributed by atoms with Gasteiger partial charge in [-0.25, -0.2) is 0 Å². The Labute approximate surface area is 189 Å². The summed E-state index contributed by atoms with van der Waals surface area (Å²) in [6, 6.07) is 14.6. The maximum absolute atomic E-state index is 2.47. The summed E-state index contributed by atoms with van der Waals surface area (Å²) in [6.45, 7) is 16.2. The fourth-order valence-corrected chi connectivity index (χ4v) is 4.71. The van der Waals surface area contributed by atoms with Gasteiger partial charge >= 0.3 is 18.9 Å². The second-order valence-corrected chi connectivity index (χ2v) is 10.9. The van der Waals surface area contributed by atoms with Crippen molar-refractivity contribution in [3.8, 4) is 11.1 Å². The number of aryl methyl sites for hydroxylation is 2. The molecule has 0 saturated carbocycles. The average molecular weight is 379 g/mol. The van der Waals surface area contributed by atoms with Gasteiger partial charge < -0.3 is 0 Å². The molecule has 29 heavy (non-hydrogen) atoms. The van der Waals surface area contributed by atoms with Crippen LogP contribution in [0.1, 0.15) is 82.2 Å². The van der Waals surface area contributed by atoms with Gasteiger partial charge in [0, 0.05) is 0 Å². The Bertz CT molecular complexity index is 1000. The van der Waals surface area contributed by atoms with Gasteiger partial charge in [0.25, 0.3) is 0 Å². The van der Waals surface area contributed by atoms with Gasteiger partial charge in [-0.3, -0.25) is 0 Å². The minimum atomic E-state index is 0. The van der Waals surface area contributed by atoms with Gasteiger partial charge in [-0.1, -0.05) is 97.6 Å². The van der Waals surface area contributed by atoms with Gasteiger partial charge in [0.1, 0.15) is 0 Å². The number of hydrogen-bond acceptors (Lipinski definition) is 0. The second-order valence-electron chi connectivity index (χ2n) is 10.9. The molecule has 0 N–H and O–H groups in total. The summed E-state index contributed by atoms with van der Waals surface area (Å²) in [6.07, 6.45) is 5.09. The van der Waals surface area contributed by atoms with E-state index in [2.05, 4.69) is 84.9 Å². The fraction of sp³-hybridized carbons (Fsp3) is 0.464. The first-order valence-electron chi connectivity index (χ1n) is 10.9. The van der Waals surface area contributed by atoms with Crippen molar-refractivity contribution in [1.29, 1.82) is 0 Å². The molecule has 0 spiro atoms. The zero-order chi connectivity index (χ0) is 20.3. The van der Waals surface area contributed by atoms with Crippen molar-refractivity contribution in [3.63, 3.8) is 0 Å². The van der Waals surface area contributed by atoms with Crippen LogP contribution in [0.2, 0.25) is 0 Å². The standard InChI is InChI=1S/C28H35.Li/c1-18-12-19-16-26(24-11-9-8-10-23(24)25(19)13-18)20-14-21(27(2,3)4)17-22(15-20)28(5,6)7;/h12-17H,8-11H2,1-7H3;/q-1;+1. The summed E-state index contributed by atoms with van der Waals surface area (Å²) in [4.78, 5) is 0. The quantitative estimate of drug-likeness (QED) is 0.412. The van der Waals surface area contributed by atoms with Crippen molar-refractivity contribution in [2.45, 2.75) is 85.0 Å². The molecule has 3 aromatic carbocycles. The van der Waals surface area contributed by atoms with E-state index >= 15 is 0 Å². The van der Waals surface area contributed by atoms with Gasteiger partial charge in [-0.2, -0.15) is 6.07 Å². The average Bonchev–Trinajstić information content (AvgIpc) is 2.99. The first-order chi connectivity index (χ1) is 13.0. The third-order valence-electron chi connectivity index (χ3n) is 6.46. The van der Waals surface area contributed by atoms with Crippen LogP contribution in [0.15, 0.2) is 36.4 Å². The van der Waals surface area contributed by atoms with E-state index in [-0.39, 0.29) is 29.7 Å². The molecule has 1 heteroatoms. The molecule has 0 unspecified atom stereocenters. The van der Waals surface area contributed by atoms with Crippen molar-refractivity contribution < 1.29 is 18.9 Å². The molecule has 0 heterocycles. The van der Waals surface area contributed by atoms with Gasteiger partial charge in [0.05, 0.1) is 0 Å². The molecule has 0 aliphatic heterocycles. The number of hydrogen-bond donors (Lipinski definition) is 0. The molecule has 0 aromatic heterocycles. The van der Waals surface area contributed by atoms with Crippen molar-refractivity contribution in [3.05, 3.63) is 64.2 Å². The minimum absolute atomic E-state index is 0. The van der Waals surface area contributed by atoms with E-state index in [4.69, 9.17) is 0 Å². The normalized spacial score (nSPS) is 14.6. The third-order valence-corrected chi connectivity index (χ3v) is 6.46. The van der Waals surface area contributed by atoms with E-state index in [1.807, 2.05) is 0 Å². The molecule has 0 nitrogen and oxygen atoms in total. The van der Waals surface area contributed by atoms with Crippen molar-refractivity contribution in [1.82, 2.24) is 0 Å². The molecule has 0 atom stereocenters. The molecule has 4 rings (SSSR count). The first-order valence-corrected chi connectivity index (χ1v) is 10.9. The van der Waals surface area contributed by atoms with Crippen LogP contribution in [0.4, 0.5) is 0 Å². The molecule has 3 aromatic rings. The predicted molar refractivity (Wildman–Crippen MR) is 124 cm³/mol. The van der Waals surface area contributed by atoms with E-state index < -0.39 is 0 Å². The van der Waals surface area contributed by atoms with E-state index in [1.54, 1.807) is 11.1 Å². The molecule has 1 aliphatic carbocycles. The van der Waals surface area contributed by atoms with Crippen LogP contribution < -0.4 is 18.9 Å². The molecule has 0 radical (unpaired) electrons. The molecule has 0 bridgehead atoms. The van der Waals surface area contributed by atoms with Gasteiger partial charge in [0.15, 0.2) is 0 Å². The van der Waals surface area contributed by atoms with Crippen LogP contribution in [0.3, 0.4) is 0 Å². The van der Waals surface area contributed by atoms with Gasteiger partial charge in [-0.05, 0) is 39.5 Å². The molecule has 0 saturated heterocycles. The van der Waals surface area contributed by atoms with Crippen molar-refractivity contribution >= 4 is 10.8 Å². The van der Waals surface area contributed by atoms with Crippen molar-refractivity contribution in [2.24, 2.45) is 0 Å². The van der Waals surface area contributed by atoms with Crippen LogP contribution in [0, 0.1) is 6.92 Å². The minimum Gasteiger partial charge on any atom is -0.165 e. The maximum atomic E-state index is 2.47. The Morgan fingerprint density at radius 3 is 1.83 bits per heavy atom. The summed E-state index contributed by atoms with van der Waals surface area (Å²) >= 11 is 0. The zero-order valence-corrected chi connectivity index (χ0v) is 19.8. The monoisotopic (exact) mass is 378 g/mol. The molecule has 1 aliphatic rings. The topological polar surface area (TPSA) is 0 Å². The van der Waals surface area contributed by atoms with Gasteiger partial charge in [-0.15, -0.1) is 28.0 Å².